The van der Waals surface area contributed by atoms with E-state index in [0.717, 1.165) is 23.6 Å². The Morgan fingerprint density at radius 1 is 1.32 bits per heavy atom. The van der Waals surface area contributed by atoms with Crippen molar-refractivity contribution in [2.24, 2.45) is 0 Å². The van der Waals surface area contributed by atoms with Gasteiger partial charge in [-0.1, -0.05) is 23.9 Å². The molecule has 2 aliphatic rings. The number of fused-ring (bicyclic) bond motifs is 1. The molecule has 0 aliphatic heterocycles. The van der Waals surface area contributed by atoms with Gasteiger partial charge in [-0.2, -0.15) is 0 Å². The van der Waals surface area contributed by atoms with Gasteiger partial charge >= 0.3 is 0 Å². The maximum absolute atomic E-state index is 12.7. The van der Waals surface area contributed by atoms with Gasteiger partial charge in [-0.25, -0.2) is 4.98 Å². The predicted molar refractivity (Wildman–Crippen MR) is 88.6 cm³/mol. The Bertz CT molecular complexity index is 718. The van der Waals surface area contributed by atoms with Gasteiger partial charge in [0.2, 0.25) is 0 Å². The van der Waals surface area contributed by atoms with Crippen molar-refractivity contribution >= 4 is 17.5 Å². The number of ketones is 1. The molecule has 4 rings (SSSR count). The van der Waals surface area contributed by atoms with Crippen LogP contribution in [0.2, 0.25) is 0 Å². The highest BCUT2D eigenvalue weighted by Gasteiger charge is 2.27. The molecule has 0 saturated heterocycles. The van der Waals surface area contributed by atoms with Gasteiger partial charge in [0, 0.05) is 24.0 Å². The van der Waals surface area contributed by atoms with Crippen LogP contribution in [0.25, 0.3) is 0 Å². The number of Topliss-reactive ketones (excluding diaryl/α,β-unsaturated/α-hetero) is 1. The quantitative estimate of drug-likeness (QED) is 0.616. The van der Waals surface area contributed by atoms with Crippen molar-refractivity contribution in [1.29, 1.82) is 0 Å². The second kappa shape index (κ2) is 5.58. The molecule has 0 spiro atoms. The highest BCUT2D eigenvalue weighted by Crippen LogP contribution is 2.38. The first-order valence-corrected chi connectivity index (χ1v) is 8.96. The first-order chi connectivity index (χ1) is 10.7. The number of carbonyl (C=O) groups excluding carboxylic acids is 1. The molecule has 4 heteroatoms. The summed E-state index contributed by atoms with van der Waals surface area (Å²) in [7, 11) is 0. The lowest BCUT2D eigenvalue weighted by Crippen LogP contribution is -2.15. The van der Waals surface area contributed by atoms with E-state index in [4.69, 9.17) is 0 Å². The van der Waals surface area contributed by atoms with Crippen LogP contribution in [0.4, 0.5) is 0 Å². The van der Waals surface area contributed by atoms with Crippen molar-refractivity contribution in [2.75, 3.05) is 0 Å². The number of thioether (sulfide) groups is 1. The number of hydrogen-bond acceptors (Lipinski definition) is 3. The van der Waals surface area contributed by atoms with E-state index in [9.17, 15) is 4.79 Å². The first kappa shape index (κ1) is 14.1. The lowest BCUT2D eigenvalue weighted by Gasteiger charge is -2.12. The largest absolute Gasteiger partial charge is 0.323 e. The summed E-state index contributed by atoms with van der Waals surface area (Å²) in [4.78, 5) is 17.1. The van der Waals surface area contributed by atoms with E-state index >= 15 is 0 Å². The molecule has 114 valence electrons. The molecule has 2 aliphatic carbocycles. The fourth-order valence-electron chi connectivity index (χ4n) is 3.19. The van der Waals surface area contributed by atoms with Gasteiger partial charge in [-0.15, -0.1) is 0 Å². The zero-order valence-electron chi connectivity index (χ0n) is 12.8. The van der Waals surface area contributed by atoms with Crippen LogP contribution < -0.4 is 0 Å². The van der Waals surface area contributed by atoms with Gasteiger partial charge in [0.1, 0.15) is 0 Å². The maximum atomic E-state index is 12.7. The van der Waals surface area contributed by atoms with E-state index in [1.54, 1.807) is 11.8 Å². The third kappa shape index (κ3) is 2.60. The Morgan fingerprint density at radius 3 is 2.95 bits per heavy atom. The Morgan fingerprint density at radius 2 is 2.14 bits per heavy atom. The highest BCUT2D eigenvalue weighted by atomic mass is 32.2. The molecule has 0 bridgehead atoms. The van der Waals surface area contributed by atoms with E-state index in [2.05, 4.69) is 21.7 Å². The Labute approximate surface area is 135 Å². The van der Waals surface area contributed by atoms with E-state index in [0.29, 0.717) is 6.04 Å². The topological polar surface area (TPSA) is 34.9 Å². The number of aryl methyl sites for hydroxylation is 2. The first-order valence-electron chi connectivity index (χ1n) is 8.08. The fourth-order valence-corrected chi connectivity index (χ4v) is 4.21. The van der Waals surface area contributed by atoms with Crippen molar-refractivity contribution in [3.05, 3.63) is 47.3 Å². The summed E-state index contributed by atoms with van der Waals surface area (Å²) in [5, 5.41) is 0.879. The minimum Gasteiger partial charge on any atom is -0.323 e. The van der Waals surface area contributed by atoms with E-state index in [-0.39, 0.29) is 11.0 Å². The van der Waals surface area contributed by atoms with Crippen molar-refractivity contribution in [3.8, 4) is 0 Å². The summed E-state index contributed by atoms with van der Waals surface area (Å²) in [5.74, 6) is 0.213. The molecule has 1 atom stereocenters. The maximum Gasteiger partial charge on any atom is 0.176 e. The number of nitrogens with zero attached hydrogens (tertiary/aromatic N) is 2. The zero-order valence-corrected chi connectivity index (χ0v) is 13.6. The van der Waals surface area contributed by atoms with Crippen LogP contribution in [0.3, 0.4) is 0 Å². The molecule has 0 N–H and O–H groups in total. The van der Waals surface area contributed by atoms with Crippen molar-refractivity contribution < 1.29 is 4.79 Å². The molecular weight excluding hydrogens is 292 g/mol. The lowest BCUT2D eigenvalue weighted by molar-refractivity contribution is 0.0993. The summed E-state index contributed by atoms with van der Waals surface area (Å²) >= 11 is 1.58. The zero-order chi connectivity index (χ0) is 15.1. The van der Waals surface area contributed by atoms with Crippen molar-refractivity contribution in [1.82, 2.24) is 9.55 Å². The summed E-state index contributed by atoms with van der Waals surface area (Å²) in [5.41, 5.74) is 3.63. The normalized spacial score (nSPS) is 18.2. The second-order valence-electron chi connectivity index (χ2n) is 6.31. The van der Waals surface area contributed by atoms with Crippen molar-refractivity contribution in [3.63, 3.8) is 0 Å². The number of carbonyl (C=O) groups is 1. The molecule has 1 unspecified atom stereocenters. The fraction of sp³-hybridized carbons (Fsp3) is 0.444. The molecule has 1 fully saturated rings. The van der Waals surface area contributed by atoms with Crippen LogP contribution in [0.15, 0.2) is 35.7 Å². The molecule has 0 radical (unpaired) electrons. The van der Waals surface area contributed by atoms with Gasteiger partial charge in [-0.05, 0) is 56.2 Å². The molecule has 2 aromatic rings. The summed E-state index contributed by atoms with van der Waals surface area (Å²) in [6, 6.07) is 6.84. The van der Waals surface area contributed by atoms with Crippen LogP contribution in [0.1, 0.15) is 53.7 Å². The SMILES string of the molecule is CC(Sc1nccn1C1CC1)C(=O)c1ccc2c(c1)CCC2. The van der Waals surface area contributed by atoms with Gasteiger partial charge < -0.3 is 4.57 Å². The molecule has 1 saturated carbocycles. The van der Waals surface area contributed by atoms with E-state index < -0.39 is 0 Å². The minimum absolute atomic E-state index is 0.0978. The van der Waals surface area contributed by atoms with Crippen LogP contribution >= 0.6 is 11.8 Å². The van der Waals surface area contributed by atoms with Crippen LogP contribution in [-0.4, -0.2) is 20.6 Å². The van der Waals surface area contributed by atoms with Gasteiger partial charge in [0.25, 0.3) is 0 Å². The lowest BCUT2D eigenvalue weighted by atomic mass is 10.0. The second-order valence-corrected chi connectivity index (χ2v) is 7.62. The van der Waals surface area contributed by atoms with Crippen LogP contribution in [-0.2, 0) is 12.8 Å². The van der Waals surface area contributed by atoms with Crippen LogP contribution in [0, 0.1) is 0 Å². The summed E-state index contributed by atoms with van der Waals surface area (Å²) < 4.78 is 2.22. The highest BCUT2D eigenvalue weighted by molar-refractivity contribution is 8.00. The predicted octanol–water partition coefficient (Wildman–Crippen LogP) is 4.07. The monoisotopic (exact) mass is 312 g/mol. The van der Waals surface area contributed by atoms with Gasteiger partial charge in [-0.3, -0.25) is 4.79 Å². The molecule has 22 heavy (non-hydrogen) atoms. The summed E-state index contributed by atoms with van der Waals surface area (Å²) in [6.45, 7) is 1.99. The number of rotatable bonds is 5. The smallest absolute Gasteiger partial charge is 0.176 e. The standard InChI is InChI=1S/C18H20N2OS/c1-12(22-18-19-9-10-20(18)16-7-8-16)17(21)15-6-5-13-3-2-4-14(13)11-15/h5-6,9-12,16H,2-4,7-8H2,1H3. The number of aromatic nitrogens is 2. The van der Waals surface area contributed by atoms with Crippen LogP contribution in [0.5, 0.6) is 0 Å². The molecule has 1 heterocycles. The third-order valence-electron chi connectivity index (χ3n) is 4.61. The number of benzene rings is 1. The van der Waals surface area contributed by atoms with Gasteiger partial charge in [0.05, 0.1) is 5.25 Å². The third-order valence-corrected chi connectivity index (χ3v) is 5.70. The van der Waals surface area contributed by atoms with E-state index in [1.165, 1.54) is 30.4 Å². The molecule has 1 aromatic heterocycles. The molecule has 0 amide bonds. The minimum atomic E-state index is -0.0978. The van der Waals surface area contributed by atoms with Crippen molar-refractivity contribution in [2.45, 2.75) is 55.5 Å². The Balaban J connectivity index is 1.51. The Hall–Kier alpha value is -1.55. The molecule has 1 aromatic carbocycles. The van der Waals surface area contributed by atoms with Gasteiger partial charge in [0.15, 0.2) is 10.9 Å². The van der Waals surface area contributed by atoms with E-state index in [1.807, 2.05) is 25.4 Å². The summed E-state index contributed by atoms with van der Waals surface area (Å²) in [6.07, 6.45) is 9.83. The number of imidazole rings is 1. The Kier molecular flexibility index (Phi) is 3.57. The molecular formula is C18H20N2OS. The average Bonchev–Trinajstić information content (AvgIpc) is 3.09. The molecule has 3 nitrogen and oxygen atoms in total. The average molecular weight is 312 g/mol. The number of hydrogen-bond donors (Lipinski definition) is 0.